The molecule has 0 fully saturated rings. The molecule has 2 heterocycles. The van der Waals surface area contributed by atoms with Crippen molar-refractivity contribution in [2.75, 3.05) is 6.54 Å². The van der Waals surface area contributed by atoms with E-state index < -0.39 is 5.60 Å². The highest BCUT2D eigenvalue weighted by molar-refractivity contribution is 5.94. The number of aromatic nitrogens is 2. The number of hydrogen-bond donors (Lipinski definition) is 2. The number of nitrogens with zero attached hydrogens (tertiary/aromatic N) is 2. The maximum Gasteiger partial charge on any atom is 0.410 e. The summed E-state index contributed by atoms with van der Waals surface area (Å²) in [5, 5.41) is 9.95. The van der Waals surface area contributed by atoms with E-state index in [2.05, 4.69) is 15.5 Å². The summed E-state index contributed by atoms with van der Waals surface area (Å²) in [6.07, 6.45) is 0.215. The smallest absolute Gasteiger partial charge is 0.410 e. The third-order valence-electron chi connectivity index (χ3n) is 4.10. The van der Waals surface area contributed by atoms with Crippen LogP contribution in [0.4, 0.5) is 4.79 Å². The molecule has 7 heteroatoms. The van der Waals surface area contributed by atoms with E-state index in [1.807, 2.05) is 51.1 Å². The van der Waals surface area contributed by atoms with Crippen molar-refractivity contribution < 1.29 is 14.3 Å². The van der Waals surface area contributed by atoms with Gasteiger partial charge < -0.3 is 15.0 Å². The van der Waals surface area contributed by atoms with Crippen LogP contribution in [0.5, 0.6) is 0 Å². The summed E-state index contributed by atoms with van der Waals surface area (Å²) < 4.78 is 5.41. The van der Waals surface area contributed by atoms with Gasteiger partial charge in [-0.3, -0.25) is 9.89 Å². The molecular formula is C19H24N4O3. The molecule has 7 nitrogen and oxygen atoms in total. The van der Waals surface area contributed by atoms with Crippen molar-refractivity contribution in [2.24, 2.45) is 0 Å². The lowest BCUT2D eigenvalue weighted by atomic mass is 10.0. The molecule has 3 rings (SSSR count). The molecule has 1 aromatic carbocycles. The van der Waals surface area contributed by atoms with Crippen LogP contribution in [0.2, 0.25) is 0 Å². The highest BCUT2D eigenvalue weighted by Crippen LogP contribution is 2.22. The summed E-state index contributed by atoms with van der Waals surface area (Å²) in [4.78, 5) is 26.3. The first-order valence-corrected chi connectivity index (χ1v) is 8.69. The third-order valence-corrected chi connectivity index (χ3v) is 4.10. The largest absolute Gasteiger partial charge is 0.444 e. The lowest BCUT2D eigenvalue weighted by molar-refractivity contribution is 0.0221. The predicted octanol–water partition coefficient (Wildman–Crippen LogP) is 2.63. The Morgan fingerprint density at radius 2 is 2.00 bits per heavy atom. The number of ether oxygens (including phenoxy) is 1. The fourth-order valence-electron chi connectivity index (χ4n) is 2.85. The van der Waals surface area contributed by atoms with E-state index in [0.29, 0.717) is 31.7 Å². The first-order chi connectivity index (χ1) is 12.3. The molecular weight excluding hydrogens is 332 g/mol. The number of carbonyl (C=O) groups is 2. The average Bonchev–Trinajstić information content (AvgIpc) is 3.02. The zero-order chi connectivity index (χ0) is 18.7. The van der Waals surface area contributed by atoms with Gasteiger partial charge in [0.05, 0.1) is 12.2 Å². The Balaban J connectivity index is 1.63. The van der Waals surface area contributed by atoms with Crippen LogP contribution >= 0.6 is 0 Å². The number of fused-ring (bicyclic) bond motifs is 1. The second-order valence-corrected chi connectivity index (χ2v) is 7.35. The fourth-order valence-corrected chi connectivity index (χ4v) is 2.85. The summed E-state index contributed by atoms with van der Waals surface area (Å²) in [7, 11) is 0. The molecule has 138 valence electrons. The zero-order valence-corrected chi connectivity index (χ0v) is 15.3. The molecule has 0 spiro atoms. The second kappa shape index (κ2) is 7.19. The Kier molecular flexibility index (Phi) is 4.97. The van der Waals surface area contributed by atoms with Crippen LogP contribution in [0.1, 0.15) is 48.1 Å². The molecule has 2 N–H and O–H groups in total. The van der Waals surface area contributed by atoms with E-state index >= 15 is 0 Å². The van der Waals surface area contributed by atoms with Gasteiger partial charge in [0, 0.05) is 18.7 Å². The number of H-pyrrole nitrogens is 1. The number of carbonyl (C=O) groups excluding carboxylic acids is 2. The number of rotatable bonds is 3. The molecule has 0 radical (unpaired) electrons. The third kappa shape index (κ3) is 4.22. The van der Waals surface area contributed by atoms with Crippen molar-refractivity contribution >= 4 is 12.0 Å². The van der Waals surface area contributed by atoms with Gasteiger partial charge in [0.1, 0.15) is 5.60 Å². The molecule has 1 aliphatic rings. The Bertz CT molecular complexity index is 793. The van der Waals surface area contributed by atoms with Crippen molar-refractivity contribution in [3.8, 4) is 0 Å². The summed E-state index contributed by atoms with van der Waals surface area (Å²) in [6.45, 7) is 6.83. The summed E-state index contributed by atoms with van der Waals surface area (Å²) in [5.74, 6) is -0.211. The van der Waals surface area contributed by atoms with Crippen molar-refractivity contribution in [1.82, 2.24) is 20.4 Å². The van der Waals surface area contributed by atoms with Crippen molar-refractivity contribution in [1.29, 1.82) is 0 Å². The van der Waals surface area contributed by atoms with Gasteiger partial charge in [-0.25, -0.2) is 4.79 Å². The van der Waals surface area contributed by atoms with Crippen LogP contribution in [-0.4, -0.2) is 39.2 Å². The van der Waals surface area contributed by atoms with E-state index in [4.69, 9.17) is 4.74 Å². The molecule has 1 aliphatic heterocycles. The molecule has 0 saturated heterocycles. The van der Waals surface area contributed by atoms with Gasteiger partial charge in [-0.05, 0) is 32.8 Å². The zero-order valence-electron chi connectivity index (χ0n) is 15.3. The molecule has 0 aliphatic carbocycles. The number of benzene rings is 1. The first-order valence-electron chi connectivity index (χ1n) is 8.69. The highest BCUT2D eigenvalue weighted by atomic mass is 16.6. The molecule has 26 heavy (non-hydrogen) atoms. The Morgan fingerprint density at radius 3 is 2.69 bits per heavy atom. The number of amides is 2. The van der Waals surface area contributed by atoms with Gasteiger partial charge in [-0.15, -0.1) is 0 Å². The van der Waals surface area contributed by atoms with Crippen molar-refractivity contribution in [3.63, 3.8) is 0 Å². The SMILES string of the molecule is CC(C)(C)OC(=O)N1CCc2c(C(=O)NCc3ccccc3)n[nH]c2C1. The minimum atomic E-state index is -0.534. The van der Waals surface area contributed by atoms with Gasteiger partial charge in [0.15, 0.2) is 5.69 Å². The summed E-state index contributed by atoms with van der Waals surface area (Å²) in [6, 6.07) is 9.72. The van der Waals surface area contributed by atoms with Gasteiger partial charge in [0.25, 0.3) is 5.91 Å². The van der Waals surface area contributed by atoms with E-state index in [-0.39, 0.29) is 12.0 Å². The van der Waals surface area contributed by atoms with Crippen LogP contribution in [0.3, 0.4) is 0 Å². The van der Waals surface area contributed by atoms with Gasteiger partial charge in [0.2, 0.25) is 0 Å². The molecule has 1 aromatic heterocycles. The minimum Gasteiger partial charge on any atom is -0.444 e. The van der Waals surface area contributed by atoms with Gasteiger partial charge >= 0.3 is 6.09 Å². The first kappa shape index (κ1) is 18.0. The Morgan fingerprint density at radius 1 is 1.27 bits per heavy atom. The molecule has 0 bridgehead atoms. The van der Waals surface area contributed by atoms with Gasteiger partial charge in [-0.2, -0.15) is 5.10 Å². The second-order valence-electron chi connectivity index (χ2n) is 7.35. The van der Waals surface area contributed by atoms with Crippen LogP contribution in [0.25, 0.3) is 0 Å². The van der Waals surface area contributed by atoms with E-state index in [1.165, 1.54) is 0 Å². The number of aromatic amines is 1. The molecule has 2 amide bonds. The van der Waals surface area contributed by atoms with Crippen LogP contribution in [-0.2, 0) is 24.2 Å². The lowest BCUT2D eigenvalue weighted by Gasteiger charge is -2.29. The Labute approximate surface area is 152 Å². The topological polar surface area (TPSA) is 87.3 Å². The quantitative estimate of drug-likeness (QED) is 0.885. The Hall–Kier alpha value is -2.83. The van der Waals surface area contributed by atoms with Gasteiger partial charge in [-0.1, -0.05) is 30.3 Å². The predicted molar refractivity (Wildman–Crippen MR) is 96.5 cm³/mol. The maximum atomic E-state index is 12.5. The molecule has 0 unspecified atom stereocenters. The van der Waals surface area contributed by atoms with Crippen LogP contribution < -0.4 is 5.32 Å². The van der Waals surface area contributed by atoms with Crippen molar-refractivity contribution in [2.45, 2.75) is 45.9 Å². The normalized spacial score (nSPS) is 13.9. The van der Waals surface area contributed by atoms with Crippen LogP contribution in [0.15, 0.2) is 30.3 Å². The monoisotopic (exact) mass is 356 g/mol. The number of hydrogen-bond acceptors (Lipinski definition) is 4. The fraction of sp³-hybridized carbons (Fsp3) is 0.421. The summed E-state index contributed by atoms with van der Waals surface area (Å²) in [5.41, 5.74) is 2.55. The molecule has 2 aromatic rings. The molecule has 0 saturated carbocycles. The standard InChI is InChI=1S/C19H24N4O3/c1-19(2,3)26-18(25)23-10-9-14-15(12-23)21-22-16(14)17(24)20-11-13-7-5-4-6-8-13/h4-8H,9-12H2,1-3H3,(H,20,24)(H,21,22). The maximum absolute atomic E-state index is 12.5. The number of nitrogens with one attached hydrogen (secondary N) is 2. The minimum absolute atomic E-state index is 0.211. The van der Waals surface area contributed by atoms with Crippen molar-refractivity contribution in [3.05, 3.63) is 52.8 Å². The van der Waals surface area contributed by atoms with E-state index in [0.717, 1.165) is 16.8 Å². The van der Waals surface area contributed by atoms with Crippen LogP contribution in [0, 0.1) is 0 Å². The lowest BCUT2D eigenvalue weighted by Crippen LogP contribution is -2.40. The molecule has 0 atom stereocenters. The van der Waals surface area contributed by atoms with E-state index in [1.54, 1.807) is 4.90 Å². The van der Waals surface area contributed by atoms with E-state index in [9.17, 15) is 9.59 Å². The summed E-state index contributed by atoms with van der Waals surface area (Å²) >= 11 is 0. The average molecular weight is 356 g/mol. The highest BCUT2D eigenvalue weighted by Gasteiger charge is 2.29.